The van der Waals surface area contributed by atoms with E-state index in [4.69, 9.17) is 5.73 Å². The molecule has 0 heterocycles. The summed E-state index contributed by atoms with van der Waals surface area (Å²) in [4.78, 5) is 13.0. The van der Waals surface area contributed by atoms with Crippen molar-refractivity contribution in [2.24, 2.45) is 0 Å². The molecule has 0 atom stereocenters. The first-order valence-corrected chi connectivity index (χ1v) is 6.47. The van der Waals surface area contributed by atoms with E-state index < -0.39 is 0 Å². The molecule has 0 bridgehead atoms. The second-order valence-electron chi connectivity index (χ2n) is 3.89. The number of benzene rings is 2. The van der Waals surface area contributed by atoms with Crippen molar-refractivity contribution >= 4 is 23.4 Å². The van der Waals surface area contributed by atoms with Crippen LogP contribution in [-0.4, -0.2) is 13.0 Å². The molecular weight excluding hydrogens is 263 g/mol. The Morgan fingerprint density at radius 3 is 2.74 bits per heavy atom. The largest absolute Gasteiger partial charge is 0.398 e. The monoisotopic (exact) mass is 276 g/mol. The van der Waals surface area contributed by atoms with Gasteiger partial charge in [-0.3, -0.25) is 4.79 Å². The highest BCUT2D eigenvalue weighted by molar-refractivity contribution is 7.99. The summed E-state index contributed by atoms with van der Waals surface area (Å²) in [5.41, 5.74) is 6.95. The Kier molecular flexibility index (Phi) is 4.06. The van der Waals surface area contributed by atoms with Crippen LogP contribution in [0.1, 0.15) is 10.4 Å². The van der Waals surface area contributed by atoms with Gasteiger partial charge in [-0.15, -0.1) is 0 Å². The highest BCUT2D eigenvalue weighted by atomic mass is 32.2. The molecule has 0 radical (unpaired) electrons. The van der Waals surface area contributed by atoms with Crippen LogP contribution in [0.15, 0.2) is 52.3 Å². The molecule has 19 heavy (non-hydrogen) atoms. The lowest BCUT2D eigenvalue weighted by atomic mass is 10.2. The molecule has 0 saturated heterocycles. The van der Waals surface area contributed by atoms with E-state index in [1.165, 1.54) is 23.9 Å². The van der Waals surface area contributed by atoms with Crippen molar-refractivity contribution in [3.8, 4) is 0 Å². The van der Waals surface area contributed by atoms with Gasteiger partial charge in [0.25, 0.3) is 5.91 Å². The van der Waals surface area contributed by atoms with Crippen molar-refractivity contribution in [2.45, 2.75) is 9.79 Å². The van der Waals surface area contributed by atoms with E-state index in [-0.39, 0.29) is 11.7 Å². The van der Waals surface area contributed by atoms with Crippen molar-refractivity contribution in [1.82, 2.24) is 5.32 Å². The maximum Gasteiger partial charge on any atom is 0.251 e. The van der Waals surface area contributed by atoms with E-state index in [1.807, 2.05) is 0 Å². The van der Waals surface area contributed by atoms with Crippen LogP contribution in [0, 0.1) is 5.82 Å². The molecule has 3 nitrogen and oxygen atoms in total. The lowest BCUT2D eigenvalue weighted by Gasteiger charge is -2.08. The van der Waals surface area contributed by atoms with Gasteiger partial charge in [-0.2, -0.15) is 0 Å². The van der Waals surface area contributed by atoms with Crippen LogP contribution < -0.4 is 11.1 Å². The zero-order valence-electron chi connectivity index (χ0n) is 10.3. The molecule has 5 heteroatoms. The molecule has 0 aromatic heterocycles. The van der Waals surface area contributed by atoms with Gasteiger partial charge in [0.15, 0.2) is 0 Å². The predicted octanol–water partition coefficient (Wildman–Crippen LogP) is 2.92. The number of anilines is 1. The summed E-state index contributed by atoms with van der Waals surface area (Å²) >= 11 is 1.33. The zero-order chi connectivity index (χ0) is 13.8. The number of carbonyl (C=O) groups excluding carboxylic acids is 1. The average Bonchev–Trinajstić information content (AvgIpc) is 2.40. The van der Waals surface area contributed by atoms with Gasteiger partial charge >= 0.3 is 0 Å². The number of carbonyl (C=O) groups is 1. The Morgan fingerprint density at radius 1 is 1.26 bits per heavy atom. The van der Waals surface area contributed by atoms with Crippen LogP contribution in [-0.2, 0) is 0 Å². The SMILES string of the molecule is CNC(=O)c1ccc(N)c(Sc2cccc(F)c2)c1. The van der Waals surface area contributed by atoms with Crippen LogP contribution in [0.5, 0.6) is 0 Å². The van der Waals surface area contributed by atoms with E-state index in [9.17, 15) is 9.18 Å². The second kappa shape index (κ2) is 5.75. The minimum absolute atomic E-state index is 0.180. The second-order valence-corrected chi connectivity index (χ2v) is 5.01. The number of hydrogen-bond donors (Lipinski definition) is 2. The molecule has 2 aromatic rings. The Bertz CT molecular complexity index is 616. The smallest absolute Gasteiger partial charge is 0.251 e. The van der Waals surface area contributed by atoms with E-state index in [0.29, 0.717) is 11.3 Å². The average molecular weight is 276 g/mol. The van der Waals surface area contributed by atoms with E-state index in [1.54, 1.807) is 37.4 Å². The number of hydrogen-bond acceptors (Lipinski definition) is 3. The summed E-state index contributed by atoms with van der Waals surface area (Å²) in [6.07, 6.45) is 0. The van der Waals surface area contributed by atoms with E-state index >= 15 is 0 Å². The molecule has 1 amide bonds. The van der Waals surface area contributed by atoms with Crippen LogP contribution in [0.3, 0.4) is 0 Å². The lowest BCUT2D eigenvalue weighted by molar-refractivity contribution is 0.0963. The fourth-order valence-electron chi connectivity index (χ4n) is 1.57. The molecule has 2 rings (SSSR count). The van der Waals surface area contributed by atoms with E-state index in [0.717, 1.165) is 9.79 Å². The number of halogens is 1. The summed E-state index contributed by atoms with van der Waals surface area (Å²) in [5.74, 6) is -0.480. The highest BCUT2D eigenvalue weighted by Crippen LogP contribution is 2.32. The summed E-state index contributed by atoms with van der Waals surface area (Å²) in [5, 5.41) is 2.55. The fraction of sp³-hybridized carbons (Fsp3) is 0.0714. The van der Waals surface area contributed by atoms with Crippen molar-refractivity contribution < 1.29 is 9.18 Å². The number of amides is 1. The predicted molar refractivity (Wildman–Crippen MR) is 74.8 cm³/mol. The topological polar surface area (TPSA) is 55.1 Å². The third kappa shape index (κ3) is 3.26. The van der Waals surface area contributed by atoms with Gasteiger partial charge in [-0.25, -0.2) is 4.39 Å². The molecule has 0 aliphatic rings. The molecule has 3 N–H and O–H groups in total. The van der Waals surface area contributed by atoms with Crippen LogP contribution >= 0.6 is 11.8 Å². The molecule has 0 spiro atoms. The number of nitrogens with two attached hydrogens (primary N) is 1. The van der Waals surface area contributed by atoms with Gasteiger partial charge in [-0.05, 0) is 36.4 Å². The first-order chi connectivity index (χ1) is 9.10. The molecule has 0 unspecified atom stereocenters. The maximum atomic E-state index is 13.1. The van der Waals surface area contributed by atoms with Crippen molar-refractivity contribution in [3.05, 3.63) is 53.8 Å². The van der Waals surface area contributed by atoms with E-state index in [2.05, 4.69) is 5.32 Å². The zero-order valence-corrected chi connectivity index (χ0v) is 11.1. The van der Waals surface area contributed by atoms with Gasteiger partial charge in [0, 0.05) is 28.1 Å². The van der Waals surface area contributed by atoms with Crippen LogP contribution in [0.25, 0.3) is 0 Å². The standard InChI is InChI=1S/C14H13FN2OS/c1-17-14(18)9-5-6-12(16)13(7-9)19-11-4-2-3-10(15)8-11/h2-8H,16H2,1H3,(H,17,18). The Balaban J connectivity index is 2.31. The van der Waals surface area contributed by atoms with Crippen molar-refractivity contribution in [1.29, 1.82) is 0 Å². The first-order valence-electron chi connectivity index (χ1n) is 5.65. The third-order valence-electron chi connectivity index (χ3n) is 2.53. The molecule has 0 aliphatic carbocycles. The molecular formula is C14H13FN2OS. The molecule has 0 saturated carbocycles. The molecule has 98 valence electrons. The van der Waals surface area contributed by atoms with Gasteiger partial charge in [0.05, 0.1) is 0 Å². The number of nitrogen functional groups attached to an aromatic ring is 1. The molecule has 0 fully saturated rings. The maximum absolute atomic E-state index is 13.1. The van der Waals surface area contributed by atoms with Crippen LogP contribution in [0.4, 0.5) is 10.1 Å². The quantitative estimate of drug-likeness (QED) is 0.847. The normalized spacial score (nSPS) is 10.2. The Labute approximate surface area is 115 Å². The lowest BCUT2D eigenvalue weighted by Crippen LogP contribution is -2.17. The molecule has 0 aliphatic heterocycles. The van der Waals surface area contributed by atoms with Crippen LogP contribution in [0.2, 0.25) is 0 Å². The number of nitrogens with one attached hydrogen (secondary N) is 1. The summed E-state index contributed by atoms with van der Waals surface area (Å²) in [6, 6.07) is 11.3. The van der Waals surface area contributed by atoms with Gasteiger partial charge < -0.3 is 11.1 Å². The van der Waals surface area contributed by atoms with Gasteiger partial charge in [-0.1, -0.05) is 17.8 Å². The van der Waals surface area contributed by atoms with Crippen molar-refractivity contribution in [2.75, 3.05) is 12.8 Å². The third-order valence-corrected chi connectivity index (χ3v) is 3.59. The molecule has 2 aromatic carbocycles. The minimum atomic E-state index is -0.300. The number of rotatable bonds is 3. The minimum Gasteiger partial charge on any atom is -0.398 e. The Hall–Kier alpha value is -2.01. The fourth-order valence-corrected chi connectivity index (χ4v) is 2.51. The summed E-state index contributed by atoms with van der Waals surface area (Å²) < 4.78 is 13.1. The summed E-state index contributed by atoms with van der Waals surface area (Å²) in [7, 11) is 1.57. The summed E-state index contributed by atoms with van der Waals surface area (Å²) in [6.45, 7) is 0. The van der Waals surface area contributed by atoms with Gasteiger partial charge in [0.1, 0.15) is 5.82 Å². The Morgan fingerprint density at radius 2 is 2.05 bits per heavy atom. The highest BCUT2D eigenvalue weighted by Gasteiger charge is 2.08. The van der Waals surface area contributed by atoms with Gasteiger partial charge in [0.2, 0.25) is 0 Å². The first kappa shape index (κ1) is 13.4. The van der Waals surface area contributed by atoms with Crippen molar-refractivity contribution in [3.63, 3.8) is 0 Å².